The predicted octanol–water partition coefficient (Wildman–Crippen LogP) is 1.45. The minimum absolute atomic E-state index is 0. The molecule has 1 saturated heterocycles. The number of guanidine groups is 1. The van der Waals surface area contributed by atoms with E-state index in [1.54, 1.807) is 7.11 Å². The molecule has 0 amide bonds. The molecule has 0 aromatic heterocycles. The summed E-state index contributed by atoms with van der Waals surface area (Å²) in [7, 11) is 1.66. The third kappa shape index (κ3) is 9.02. The Bertz CT molecular complexity index is 539. The van der Waals surface area contributed by atoms with Crippen LogP contribution < -0.4 is 15.8 Å². The van der Waals surface area contributed by atoms with Crippen molar-refractivity contribution in [2.75, 3.05) is 53.2 Å². The van der Waals surface area contributed by atoms with Gasteiger partial charge in [-0.2, -0.15) is 0 Å². The number of rotatable bonds is 9. The molecule has 1 atom stereocenters. The lowest BCUT2D eigenvalue weighted by molar-refractivity contribution is 0.0322. The summed E-state index contributed by atoms with van der Waals surface area (Å²) in [6.45, 7) is 8.26. The summed E-state index contributed by atoms with van der Waals surface area (Å²) in [6.07, 6.45) is 0. The number of hydrogen-bond acceptors (Lipinski definition) is 5. The molecule has 26 heavy (non-hydrogen) atoms. The summed E-state index contributed by atoms with van der Waals surface area (Å²) in [5.41, 5.74) is 6.95. The molecule has 1 aliphatic rings. The smallest absolute Gasteiger partial charge is 0.189 e. The van der Waals surface area contributed by atoms with Crippen molar-refractivity contribution in [2.24, 2.45) is 10.7 Å². The number of nitrogens with zero attached hydrogens (tertiary/aromatic N) is 2. The van der Waals surface area contributed by atoms with Gasteiger partial charge in [-0.05, 0) is 24.6 Å². The van der Waals surface area contributed by atoms with Gasteiger partial charge >= 0.3 is 0 Å². The maximum absolute atomic E-state index is 5.89. The molecule has 8 heteroatoms. The van der Waals surface area contributed by atoms with Crippen LogP contribution in [0.2, 0.25) is 0 Å². The fourth-order valence-electron chi connectivity index (χ4n) is 2.62. The van der Waals surface area contributed by atoms with Gasteiger partial charge in [0.15, 0.2) is 5.96 Å². The zero-order valence-electron chi connectivity index (χ0n) is 15.6. The maximum Gasteiger partial charge on any atom is 0.189 e. The Morgan fingerprint density at radius 3 is 2.88 bits per heavy atom. The van der Waals surface area contributed by atoms with Crippen LogP contribution in [0.3, 0.4) is 0 Å². The van der Waals surface area contributed by atoms with Crippen molar-refractivity contribution in [3.05, 3.63) is 29.8 Å². The quantitative estimate of drug-likeness (QED) is 0.318. The van der Waals surface area contributed by atoms with Crippen molar-refractivity contribution in [1.29, 1.82) is 0 Å². The lowest BCUT2D eigenvalue weighted by atomic mass is 10.2. The molecule has 1 aromatic carbocycles. The summed E-state index contributed by atoms with van der Waals surface area (Å²) in [5.74, 6) is 1.28. The van der Waals surface area contributed by atoms with E-state index in [1.807, 2.05) is 31.2 Å². The Kier molecular flexibility index (Phi) is 11.6. The van der Waals surface area contributed by atoms with E-state index < -0.39 is 0 Å². The van der Waals surface area contributed by atoms with E-state index in [-0.39, 0.29) is 30.0 Å². The van der Waals surface area contributed by atoms with Gasteiger partial charge in [0.2, 0.25) is 0 Å². The van der Waals surface area contributed by atoms with Gasteiger partial charge in [0.25, 0.3) is 0 Å². The Morgan fingerprint density at radius 1 is 1.38 bits per heavy atom. The first kappa shape index (κ1) is 22.9. The Morgan fingerprint density at radius 2 is 2.15 bits per heavy atom. The topological polar surface area (TPSA) is 81.3 Å². The summed E-state index contributed by atoms with van der Waals surface area (Å²) >= 11 is 0. The number of benzene rings is 1. The van der Waals surface area contributed by atoms with Crippen molar-refractivity contribution in [2.45, 2.75) is 19.5 Å². The number of nitrogens with one attached hydrogen (secondary N) is 1. The highest BCUT2D eigenvalue weighted by atomic mass is 127. The van der Waals surface area contributed by atoms with Crippen LogP contribution in [0.5, 0.6) is 5.75 Å². The zero-order valence-corrected chi connectivity index (χ0v) is 18.0. The average Bonchev–Trinajstić information content (AvgIpc) is 2.61. The van der Waals surface area contributed by atoms with E-state index in [0.717, 1.165) is 44.2 Å². The van der Waals surface area contributed by atoms with Crippen LogP contribution in [-0.2, 0) is 16.0 Å². The minimum atomic E-state index is 0. The summed E-state index contributed by atoms with van der Waals surface area (Å²) in [4.78, 5) is 6.71. The van der Waals surface area contributed by atoms with Gasteiger partial charge in [-0.15, -0.1) is 24.0 Å². The molecule has 7 nitrogen and oxygen atoms in total. The molecule has 3 N–H and O–H groups in total. The highest BCUT2D eigenvalue weighted by molar-refractivity contribution is 14.0. The first-order chi connectivity index (χ1) is 12.2. The van der Waals surface area contributed by atoms with Crippen LogP contribution in [0, 0.1) is 0 Å². The van der Waals surface area contributed by atoms with Gasteiger partial charge < -0.3 is 25.3 Å². The van der Waals surface area contributed by atoms with Crippen LogP contribution in [-0.4, -0.2) is 70.1 Å². The second-order valence-electron chi connectivity index (χ2n) is 6.15. The summed E-state index contributed by atoms with van der Waals surface area (Å²) in [5, 5.41) is 3.09. The fourth-order valence-corrected chi connectivity index (χ4v) is 2.62. The number of aliphatic imine (C=N–C) groups is 1. The standard InChI is InChI=1S/C18H30N4O3.HI/c1-15(14-23-2)21-18(19)20-13-16-4-3-5-17(12-16)25-11-8-22-6-9-24-10-7-22;/h3-5,12,15H,6-11,13-14H2,1-2H3,(H3,19,20,21);1H. The highest BCUT2D eigenvalue weighted by Crippen LogP contribution is 2.14. The summed E-state index contributed by atoms with van der Waals surface area (Å²) < 4.78 is 16.3. The van der Waals surface area contributed by atoms with E-state index in [0.29, 0.717) is 25.7 Å². The van der Waals surface area contributed by atoms with Crippen molar-refractivity contribution in [1.82, 2.24) is 10.2 Å². The number of nitrogens with two attached hydrogens (primary N) is 1. The van der Waals surface area contributed by atoms with Crippen LogP contribution >= 0.6 is 24.0 Å². The van der Waals surface area contributed by atoms with Gasteiger partial charge in [0.05, 0.1) is 26.4 Å². The first-order valence-electron chi connectivity index (χ1n) is 8.74. The molecule has 1 aliphatic heterocycles. The summed E-state index contributed by atoms with van der Waals surface area (Å²) in [6, 6.07) is 8.10. The Labute approximate surface area is 173 Å². The van der Waals surface area contributed by atoms with E-state index in [2.05, 4.69) is 15.2 Å². The van der Waals surface area contributed by atoms with Crippen LogP contribution in [0.15, 0.2) is 29.3 Å². The molecule has 0 radical (unpaired) electrons. The maximum atomic E-state index is 5.89. The van der Waals surface area contributed by atoms with Crippen molar-refractivity contribution in [3.8, 4) is 5.75 Å². The first-order valence-corrected chi connectivity index (χ1v) is 8.74. The minimum Gasteiger partial charge on any atom is -0.492 e. The molecule has 0 bridgehead atoms. The highest BCUT2D eigenvalue weighted by Gasteiger charge is 2.09. The van der Waals surface area contributed by atoms with E-state index >= 15 is 0 Å². The molecule has 0 spiro atoms. The number of hydrogen-bond donors (Lipinski definition) is 2. The van der Waals surface area contributed by atoms with Gasteiger partial charge in [0.1, 0.15) is 12.4 Å². The molecule has 1 aromatic rings. The second kappa shape index (κ2) is 13.1. The molecule has 1 fully saturated rings. The molecular weight excluding hydrogens is 447 g/mol. The third-order valence-electron chi connectivity index (χ3n) is 3.92. The average molecular weight is 478 g/mol. The molecule has 1 heterocycles. The van der Waals surface area contributed by atoms with Crippen LogP contribution in [0.1, 0.15) is 12.5 Å². The Balaban J connectivity index is 0.00000338. The lowest BCUT2D eigenvalue weighted by Gasteiger charge is -2.26. The lowest BCUT2D eigenvalue weighted by Crippen LogP contribution is -2.40. The van der Waals surface area contributed by atoms with Gasteiger partial charge in [-0.25, -0.2) is 4.99 Å². The van der Waals surface area contributed by atoms with Crippen molar-refractivity contribution in [3.63, 3.8) is 0 Å². The molecule has 0 saturated carbocycles. The van der Waals surface area contributed by atoms with E-state index in [1.165, 1.54) is 0 Å². The van der Waals surface area contributed by atoms with Gasteiger partial charge in [-0.3, -0.25) is 4.90 Å². The second-order valence-corrected chi connectivity index (χ2v) is 6.15. The number of ether oxygens (including phenoxy) is 3. The van der Waals surface area contributed by atoms with E-state index in [4.69, 9.17) is 19.9 Å². The number of methoxy groups -OCH3 is 1. The molecule has 2 rings (SSSR count). The van der Waals surface area contributed by atoms with Crippen molar-refractivity contribution >= 4 is 29.9 Å². The fraction of sp³-hybridized carbons (Fsp3) is 0.611. The largest absolute Gasteiger partial charge is 0.492 e. The predicted molar refractivity (Wildman–Crippen MR) is 114 cm³/mol. The monoisotopic (exact) mass is 478 g/mol. The van der Waals surface area contributed by atoms with Crippen LogP contribution in [0.25, 0.3) is 0 Å². The SMILES string of the molecule is COCC(C)NC(N)=NCc1cccc(OCCN2CCOCC2)c1.I. The third-order valence-corrected chi connectivity index (χ3v) is 3.92. The number of halogens is 1. The molecular formula is C18H31IN4O3. The van der Waals surface area contributed by atoms with Crippen molar-refractivity contribution < 1.29 is 14.2 Å². The Hall–Kier alpha value is -1.10. The zero-order chi connectivity index (χ0) is 17.9. The molecule has 1 unspecified atom stereocenters. The molecule has 148 valence electrons. The number of morpholine rings is 1. The van der Waals surface area contributed by atoms with E-state index in [9.17, 15) is 0 Å². The van der Waals surface area contributed by atoms with Gasteiger partial charge in [0, 0.05) is 32.8 Å². The van der Waals surface area contributed by atoms with Gasteiger partial charge in [-0.1, -0.05) is 12.1 Å². The normalized spacial score (nSPS) is 16.6. The van der Waals surface area contributed by atoms with Crippen LogP contribution in [0.4, 0.5) is 0 Å². The molecule has 0 aliphatic carbocycles.